The molecule has 90 valence electrons. The second-order valence-electron chi connectivity index (χ2n) is 4.45. The summed E-state index contributed by atoms with van der Waals surface area (Å²) in [4.78, 5) is 3.98. The quantitative estimate of drug-likeness (QED) is 0.790. The van der Waals surface area contributed by atoms with Crippen LogP contribution in [0.5, 0.6) is 5.75 Å². The molecule has 4 heteroatoms. The maximum absolute atomic E-state index is 8.66. The summed E-state index contributed by atoms with van der Waals surface area (Å²) < 4.78 is 5.85. The molecule has 0 radical (unpaired) electrons. The molecule has 1 saturated carbocycles. The number of hydrogen-bond acceptors (Lipinski definition) is 4. The first-order valence-corrected chi connectivity index (χ1v) is 6.08. The number of ether oxygens (including phenoxy) is 1. The minimum absolute atomic E-state index is 0.0761. The third kappa shape index (κ3) is 3.18. The predicted molar refractivity (Wildman–Crippen MR) is 64.4 cm³/mol. The van der Waals surface area contributed by atoms with Crippen LogP contribution in [0.4, 0.5) is 0 Å². The fraction of sp³-hybridized carbons (Fsp3) is 0.538. The van der Waals surface area contributed by atoms with Crippen molar-refractivity contribution in [3.8, 4) is 11.8 Å². The minimum atomic E-state index is 0.0761. The number of pyridine rings is 1. The van der Waals surface area contributed by atoms with E-state index in [0.29, 0.717) is 11.4 Å². The normalized spacial score (nSPS) is 24.7. The summed E-state index contributed by atoms with van der Waals surface area (Å²) in [6.07, 6.45) is 7.28. The average molecular weight is 231 g/mol. The van der Waals surface area contributed by atoms with Crippen molar-refractivity contribution in [3.05, 3.63) is 24.0 Å². The second kappa shape index (κ2) is 5.65. The molecule has 1 aromatic rings. The summed E-state index contributed by atoms with van der Waals surface area (Å²) in [5, 5.41) is 8.66. The molecule has 0 bridgehead atoms. The van der Waals surface area contributed by atoms with Crippen molar-refractivity contribution in [3.63, 3.8) is 0 Å². The van der Waals surface area contributed by atoms with Gasteiger partial charge in [-0.2, -0.15) is 5.26 Å². The molecule has 1 fully saturated rings. The van der Waals surface area contributed by atoms with E-state index in [-0.39, 0.29) is 12.1 Å². The summed E-state index contributed by atoms with van der Waals surface area (Å²) >= 11 is 0. The molecule has 0 spiro atoms. The van der Waals surface area contributed by atoms with Crippen LogP contribution in [0.1, 0.15) is 37.8 Å². The van der Waals surface area contributed by atoms with Crippen LogP contribution in [-0.2, 0) is 0 Å². The number of nitrogens with two attached hydrogens (primary N) is 1. The summed E-state index contributed by atoms with van der Waals surface area (Å²) in [5.41, 5.74) is 6.49. The van der Waals surface area contributed by atoms with E-state index in [4.69, 9.17) is 15.7 Å². The Labute approximate surface area is 101 Å². The van der Waals surface area contributed by atoms with E-state index < -0.39 is 0 Å². The maximum Gasteiger partial charge on any atom is 0.140 e. The molecule has 1 aromatic heterocycles. The Morgan fingerprint density at radius 2 is 2.12 bits per heavy atom. The van der Waals surface area contributed by atoms with Crippen LogP contribution in [0.3, 0.4) is 0 Å². The molecule has 1 heterocycles. The molecule has 0 amide bonds. The van der Waals surface area contributed by atoms with Crippen LogP contribution >= 0.6 is 0 Å². The van der Waals surface area contributed by atoms with E-state index >= 15 is 0 Å². The van der Waals surface area contributed by atoms with Gasteiger partial charge in [0.25, 0.3) is 0 Å². The highest BCUT2D eigenvalue weighted by atomic mass is 16.5. The van der Waals surface area contributed by atoms with Crippen molar-refractivity contribution >= 4 is 0 Å². The van der Waals surface area contributed by atoms with E-state index in [1.165, 1.54) is 19.3 Å². The zero-order valence-electron chi connectivity index (χ0n) is 9.80. The maximum atomic E-state index is 8.66. The molecule has 0 aliphatic heterocycles. The Morgan fingerprint density at radius 3 is 2.82 bits per heavy atom. The Bertz CT molecular complexity index is 396. The van der Waals surface area contributed by atoms with Gasteiger partial charge in [0.15, 0.2) is 0 Å². The zero-order valence-corrected chi connectivity index (χ0v) is 9.80. The lowest BCUT2D eigenvalue weighted by molar-refractivity contribution is 0.162. The van der Waals surface area contributed by atoms with E-state index in [9.17, 15) is 0 Å². The van der Waals surface area contributed by atoms with Gasteiger partial charge in [0.05, 0.1) is 6.20 Å². The molecule has 2 N–H and O–H groups in total. The molecular formula is C13H17N3O. The van der Waals surface area contributed by atoms with Gasteiger partial charge in [-0.15, -0.1) is 0 Å². The van der Waals surface area contributed by atoms with E-state index in [2.05, 4.69) is 4.98 Å². The molecule has 2 unspecified atom stereocenters. The van der Waals surface area contributed by atoms with Crippen LogP contribution < -0.4 is 10.5 Å². The Balaban J connectivity index is 2.01. The highest BCUT2D eigenvalue weighted by Gasteiger charge is 2.21. The topological polar surface area (TPSA) is 71.9 Å². The summed E-state index contributed by atoms with van der Waals surface area (Å²) in [7, 11) is 0. The molecule has 4 nitrogen and oxygen atoms in total. The van der Waals surface area contributed by atoms with Gasteiger partial charge in [-0.3, -0.25) is 0 Å². The number of nitriles is 1. The van der Waals surface area contributed by atoms with Gasteiger partial charge in [0.2, 0.25) is 0 Å². The predicted octanol–water partition coefficient (Wildman–Crippen LogP) is 1.99. The molecule has 2 atom stereocenters. The van der Waals surface area contributed by atoms with Gasteiger partial charge >= 0.3 is 0 Å². The van der Waals surface area contributed by atoms with Crippen LogP contribution in [0.2, 0.25) is 0 Å². The fourth-order valence-electron chi connectivity index (χ4n) is 2.14. The fourth-order valence-corrected chi connectivity index (χ4v) is 2.14. The first-order chi connectivity index (χ1) is 8.29. The van der Waals surface area contributed by atoms with Crippen molar-refractivity contribution in [2.75, 3.05) is 0 Å². The monoisotopic (exact) mass is 231 g/mol. The molecule has 17 heavy (non-hydrogen) atoms. The van der Waals surface area contributed by atoms with Gasteiger partial charge in [0, 0.05) is 6.04 Å². The molecule has 0 saturated heterocycles. The third-order valence-corrected chi connectivity index (χ3v) is 3.14. The van der Waals surface area contributed by atoms with Crippen LogP contribution in [0.25, 0.3) is 0 Å². The first kappa shape index (κ1) is 11.9. The largest absolute Gasteiger partial charge is 0.487 e. The van der Waals surface area contributed by atoms with E-state index in [1.807, 2.05) is 6.07 Å². The Kier molecular flexibility index (Phi) is 3.94. The zero-order chi connectivity index (χ0) is 12.1. The summed E-state index contributed by atoms with van der Waals surface area (Å²) in [6, 6.07) is 5.54. The standard InChI is InChI=1S/C13H17N3O/c14-8-10-6-7-11(9-16-10)17-13-5-3-1-2-4-12(13)15/h6-7,9,12-13H,1-5,15H2. The molecule has 2 rings (SSSR count). The average Bonchev–Trinajstić information content (AvgIpc) is 2.56. The smallest absolute Gasteiger partial charge is 0.140 e. The Hall–Kier alpha value is -1.60. The van der Waals surface area contributed by atoms with Gasteiger partial charge in [0.1, 0.15) is 23.6 Å². The number of rotatable bonds is 2. The first-order valence-electron chi connectivity index (χ1n) is 6.08. The third-order valence-electron chi connectivity index (χ3n) is 3.14. The van der Waals surface area contributed by atoms with Crippen molar-refractivity contribution < 1.29 is 4.74 Å². The van der Waals surface area contributed by atoms with Gasteiger partial charge in [-0.05, 0) is 31.4 Å². The van der Waals surface area contributed by atoms with E-state index in [0.717, 1.165) is 12.8 Å². The highest BCUT2D eigenvalue weighted by Crippen LogP contribution is 2.21. The lowest BCUT2D eigenvalue weighted by atomic mass is 10.1. The SMILES string of the molecule is N#Cc1ccc(OC2CCCCCC2N)cn1. The van der Waals surface area contributed by atoms with Crippen molar-refractivity contribution in [2.24, 2.45) is 5.73 Å². The molecule has 0 aromatic carbocycles. The molecule has 1 aliphatic rings. The number of nitrogens with zero attached hydrogens (tertiary/aromatic N) is 2. The van der Waals surface area contributed by atoms with Crippen molar-refractivity contribution in [1.29, 1.82) is 5.26 Å². The second-order valence-corrected chi connectivity index (χ2v) is 4.45. The van der Waals surface area contributed by atoms with Crippen LogP contribution in [0.15, 0.2) is 18.3 Å². The number of hydrogen-bond donors (Lipinski definition) is 1. The van der Waals surface area contributed by atoms with Crippen LogP contribution in [-0.4, -0.2) is 17.1 Å². The van der Waals surface area contributed by atoms with E-state index in [1.54, 1.807) is 18.3 Å². The minimum Gasteiger partial charge on any atom is -0.487 e. The van der Waals surface area contributed by atoms with Crippen molar-refractivity contribution in [1.82, 2.24) is 4.98 Å². The summed E-state index contributed by atoms with van der Waals surface area (Å²) in [6.45, 7) is 0. The van der Waals surface area contributed by atoms with Crippen molar-refractivity contribution in [2.45, 2.75) is 44.2 Å². The lowest BCUT2D eigenvalue weighted by Crippen LogP contribution is -2.37. The number of aromatic nitrogens is 1. The highest BCUT2D eigenvalue weighted by molar-refractivity contribution is 5.26. The molecule has 1 aliphatic carbocycles. The summed E-state index contributed by atoms with van der Waals surface area (Å²) in [5.74, 6) is 0.700. The van der Waals surface area contributed by atoms with Gasteiger partial charge < -0.3 is 10.5 Å². The molecular weight excluding hydrogens is 214 g/mol. The Morgan fingerprint density at radius 1 is 1.29 bits per heavy atom. The van der Waals surface area contributed by atoms with Gasteiger partial charge in [-0.25, -0.2) is 4.98 Å². The van der Waals surface area contributed by atoms with Gasteiger partial charge in [-0.1, -0.05) is 12.8 Å². The van der Waals surface area contributed by atoms with Crippen LogP contribution in [0, 0.1) is 11.3 Å². The lowest BCUT2D eigenvalue weighted by Gasteiger charge is -2.22.